The topological polar surface area (TPSA) is 97.3 Å². The number of benzene rings is 2. The first-order valence-electron chi connectivity index (χ1n) is 12.2. The van der Waals surface area contributed by atoms with Gasteiger partial charge in [0.2, 0.25) is 0 Å². The molecule has 0 aliphatic heterocycles. The van der Waals surface area contributed by atoms with Gasteiger partial charge >= 0.3 is 18.4 Å². The standard InChI is InChI=1S/C27H35F3N2O6/c1-5-36-23(24(33)34)18-19-10-12-20(13-11-19)37-17-16-32(15-14-26(2,3)4)25(35)31-21-8-6-7-9-22(21)38-27(28,29)30/h6-13,23H,5,14-18H2,1-4H3,(H,31,35)(H,33,34). The Morgan fingerprint density at radius 1 is 1.03 bits per heavy atom. The van der Waals surface area contributed by atoms with Gasteiger partial charge in [-0.25, -0.2) is 9.59 Å². The molecule has 2 rings (SSSR count). The number of rotatable bonds is 13. The second-order valence-corrected chi connectivity index (χ2v) is 9.75. The Morgan fingerprint density at radius 3 is 2.26 bits per heavy atom. The number of carbonyl (C=O) groups excluding carboxylic acids is 1. The van der Waals surface area contributed by atoms with Crippen LogP contribution in [0.15, 0.2) is 48.5 Å². The van der Waals surface area contributed by atoms with Gasteiger partial charge < -0.3 is 29.5 Å². The van der Waals surface area contributed by atoms with E-state index in [-0.39, 0.29) is 30.7 Å². The third-order valence-corrected chi connectivity index (χ3v) is 5.39. The van der Waals surface area contributed by atoms with Crippen molar-refractivity contribution in [2.45, 2.75) is 53.0 Å². The largest absolute Gasteiger partial charge is 0.573 e. The van der Waals surface area contributed by atoms with Crippen molar-refractivity contribution in [3.63, 3.8) is 0 Å². The van der Waals surface area contributed by atoms with Crippen molar-refractivity contribution < 1.29 is 42.1 Å². The van der Waals surface area contributed by atoms with Crippen LogP contribution in [0.1, 0.15) is 39.7 Å². The maximum absolute atomic E-state index is 13.0. The Balaban J connectivity index is 2.03. The van der Waals surface area contributed by atoms with Crippen LogP contribution in [-0.4, -0.2) is 60.8 Å². The molecule has 2 amide bonds. The molecule has 38 heavy (non-hydrogen) atoms. The molecule has 1 unspecified atom stereocenters. The lowest BCUT2D eigenvalue weighted by Gasteiger charge is -2.27. The normalized spacial score (nSPS) is 12.5. The van der Waals surface area contributed by atoms with Crippen LogP contribution in [0.25, 0.3) is 0 Å². The first-order chi connectivity index (χ1) is 17.8. The first-order valence-corrected chi connectivity index (χ1v) is 12.2. The summed E-state index contributed by atoms with van der Waals surface area (Å²) in [5.41, 5.74) is 0.588. The highest BCUT2D eigenvalue weighted by molar-refractivity contribution is 5.91. The predicted molar refractivity (Wildman–Crippen MR) is 136 cm³/mol. The minimum absolute atomic E-state index is 0.0815. The number of ether oxygens (including phenoxy) is 3. The number of carbonyl (C=O) groups is 2. The number of amides is 2. The second kappa shape index (κ2) is 13.9. The molecule has 0 aliphatic rings. The Labute approximate surface area is 220 Å². The minimum Gasteiger partial charge on any atom is -0.492 e. The fourth-order valence-electron chi connectivity index (χ4n) is 3.39. The van der Waals surface area contributed by atoms with Gasteiger partial charge in [0.1, 0.15) is 12.4 Å². The highest BCUT2D eigenvalue weighted by Gasteiger charge is 2.32. The van der Waals surface area contributed by atoms with Gasteiger partial charge in [-0.15, -0.1) is 13.2 Å². The van der Waals surface area contributed by atoms with Gasteiger partial charge in [0, 0.05) is 19.6 Å². The number of carboxylic acids is 1. The van der Waals surface area contributed by atoms with E-state index in [0.29, 0.717) is 25.3 Å². The fourth-order valence-corrected chi connectivity index (χ4v) is 3.39. The summed E-state index contributed by atoms with van der Waals surface area (Å²) in [7, 11) is 0. The summed E-state index contributed by atoms with van der Waals surface area (Å²) >= 11 is 0. The zero-order valence-electron chi connectivity index (χ0n) is 22.0. The molecular formula is C27H35F3N2O6. The van der Waals surface area contributed by atoms with Gasteiger partial charge in [-0.1, -0.05) is 45.0 Å². The van der Waals surface area contributed by atoms with Crippen LogP contribution in [-0.2, 0) is 16.0 Å². The molecular weight excluding hydrogens is 505 g/mol. The summed E-state index contributed by atoms with van der Waals surface area (Å²) < 4.78 is 53.3. The van der Waals surface area contributed by atoms with Crippen LogP contribution in [0.5, 0.6) is 11.5 Å². The Kier molecular flexibility index (Phi) is 11.2. The summed E-state index contributed by atoms with van der Waals surface area (Å²) in [5.74, 6) is -1.01. The fraction of sp³-hybridized carbons (Fsp3) is 0.481. The molecule has 2 N–H and O–H groups in total. The monoisotopic (exact) mass is 540 g/mol. The number of nitrogens with zero attached hydrogens (tertiary/aromatic N) is 1. The second-order valence-electron chi connectivity index (χ2n) is 9.75. The summed E-state index contributed by atoms with van der Waals surface area (Å²) in [5, 5.41) is 11.8. The smallest absolute Gasteiger partial charge is 0.492 e. The van der Waals surface area contributed by atoms with Crippen molar-refractivity contribution in [1.29, 1.82) is 0 Å². The lowest BCUT2D eigenvalue weighted by molar-refractivity contribution is -0.274. The molecule has 11 heteroatoms. The minimum atomic E-state index is -4.90. The number of hydrogen-bond donors (Lipinski definition) is 2. The number of alkyl halides is 3. The quantitative estimate of drug-likeness (QED) is 0.325. The van der Waals surface area contributed by atoms with Gasteiger partial charge in [-0.2, -0.15) is 0 Å². The molecule has 0 heterocycles. The number of aliphatic carboxylic acids is 1. The van der Waals surface area contributed by atoms with Crippen LogP contribution in [0.3, 0.4) is 0 Å². The Morgan fingerprint density at radius 2 is 1.68 bits per heavy atom. The average Bonchev–Trinajstić information content (AvgIpc) is 2.81. The molecule has 1 atom stereocenters. The molecule has 0 fully saturated rings. The Hall–Kier alpha value is -3.47. The maximum atomic E-state index is 13.0. The number of nitrogens with one attached hydrogen (secondary N) is 1. The lowest BCUT2D eigenvalue weighted by Crippen LogP contribution is -2.39. The molecule has 0 saturated carbocycles. The number of hydrogen-bond acceptors (Lipinski definition) is 5. The highest BCUT2D eigenvalue weighted by Crippen LogP contribution is 2.30. The van der Waals surface area contributed by atoms with Crippen molar-refractivity contribution in [1.82, 2.24) is 4.90 Å². The van der Waals surface area contributed by atoms with E-state index in [2.05, 4.69) is 10.1 Å². The van der Waals surface area contributed by atoms with Gasteiger partial charge in [-0.3, -0.25) is 0 Å². The third-order valence-electron chi connectivity index (χ3n) is 5.39. The van der Waals surface area contributed by atoms with Crippen LogP contribution >= 0.6 is 0 Å². The highest BCUT2D eigenvalue weighted by atomic mass is 19.4. The molecule has 2 aromatic rings. The van der Waals surface area contributed by atoms with Crippen molar-refractivity contribution in [3.05, 3.63) is 54.1 Å². The summed E-state index contributed by atoms with van der Waals surface area (Å²) in [6.07, 6.45) is -4.97. The zero-order valence-corrected chi connectivity index (χ0v) is 22.0. The maximum Gasteiger partial charge on any atom is 0.573 e. The number of carboxylic acid groups (broad SMARTS) is 1. The van der Waals surface area contributed by atoms with E-state index in [1.165, 1.54) is 23.1 Å². The van der Waals surface area contributed by atoms with E-state index >= 15 is 0 Å². The SMILES string of the molecule is CCOC(Cc1ccc(OCCN(CCC(C)(C)C)C(=O)Nc2ccccc2OC(F)(F)F)cc1)C(=O)O. The van der Waals surface area contributed by atoms with Crippen molar-refractivity contribution in [3.8, 4) is 11.5 Å². The Bertz CT molecular complexity index is 1040. The number of halogens is 3. The molecule has 0 saturated heterocycles. The van der Waals surface area contributed by atoms with Crippen LogP contribution < -0.4 is 14.8 Å². The van der Waals surface area contributed by atoms with Gasteiger partial charge in [0.25, 0.3) is 0 Å². The van der Waals surface area contributed by atoms with Crippen LogP contribution in [0.4, 0.5) is 23.7 Å². The van der Waals surface area contributed by atoms with Crippen LogP contribution in [0.2, 0.25) is 0 Å². The van der Waals surface area contributed by atoms with E-state index in [1.54, 1.807) is 31.2 Å². The first kappa shape index (κ1) is 30.8. The zero-order chi connectivity index (χ0) is 28.3. The summed E-state index contributed by atoms with van der Waals surface area (Å²) in [6, 6.07) is 11.6. The lowest BCUT2D eigenvalue weighted by atomic mass is 9.92. The van der Waals surface area contributed by atoms with E-state index in [4.69, 9.17) is 9.47 Å². The van der Waals surface area contributed by atoms with E-state index < -0.39 is 30.2 Å². The molecule has 2 aromatic carbocycles. The number of urea groups is 1. The summed E-state index contributed by atoms with van der Waals surface area (Å²) in [6.45, 7) is 8.75. The van der Waals surface area contributed by atoms with Gasteiger partial charge in [0.15, 0.2) is 11.9 Å². The summed E-state index contributed by atoms with van der Waals surface area (Å²) in [4.78, 5) is 25.8. The molecule has 0 spiro atoms. The van der Waals surface area contributed by atoms with E-state index in [0.717, 1.165) is 11.6 Å². The molecule has 0 aromatic heterocycles. The van der Waals surface area contributed by atoms with E-state index in [1.807, 2.05) is 20.8 Å². The van der Waals surface area contributed by atoms with Crippen molar-refractivity contribution in [2.75, 3.05) is 31.6 Å². The average molecular weight is 541 g/mol. The van der Waals surface area contributed by atoms with Gasteiger partial charge in [0.05, 0.1) is 12.2 Å². The molecule has 0 radical (unpaired) electrons. The van der Waals surface area contributed by atoms with Crippen molar-refractivity contribution in [2.24, 2.45) is 5.41 Å². The van der Waals surface area contributed by atoms with Gasteiger partial charge in [-0.05, 0) is 48.6 Å². The predicted octanol–water partition coefficient (Wildman–Crippen LogP) is 5.97. The van der Waals surface area contributed by atoms with Crippen molar-refractivity contribution >= 4 is 17.7 Å². The number of para-hydroxylation sites is 2. The van der Waals surface area contributed by atoms with Crippen LogP contribution in [0, 0.1) is 5.41 Å². The third kappa shape index (κ3) is 11.3. The van der Waals surface area contributed by atoms with E-state index in [9.17, 15) is 27.9 Å². The number of anilines is 1. The molecule has 8 nitrogen and oxygen atoms in total. The molecule has 0 bridgehead atoms. The molecule has 210 valence electrons. The molecule has 0 aliphatic carbocycles.